The molecule has 0 radical (unpaired) electrons. The number of ether oxygens (including phenoxy) is 1. The highest BCUT2D eigenvalue weighted by molar-refractivity contribution is 7.13. The summed E-state index contributed by atoms with van der Waals surface area (Å²) < 4.78 is 20.1. The average molecular weight is 345 g/mol. The molecule has 5 nitrogen and oxygen atoms in total. The lowest BCUT2D eigenvalue weighted by molar-refractivity contribution is 0.0944. The van der Waals surface area contributed by atoms with Gasteiger partial charge in [-0.05, 0) is 36.1 Å². The second-order valence-corrected chi connectivity index (χ2v) is 6.07. The van der Waals surface area contributed by atoms with Crippen molar-refractivity contribution >= 4 is 17.2 Å². The van der Waals surface area contributed by atoms with Gasteiger partial charge in [0.2, 0.25) is 0 Å². The predicted molar refractivity (Wildman–Crippen MR) is 89.9 cm³/mol. The largest absolute Gasteiger partial charge is 0.462 e. The fourth-order valence-corrected chi connectivity index (χ4v) is 2.81. The number of unbranched alkanes of at least 4 members (excludes halogenated alkanes) is 1. The van der Waals surface area contributed by atoms with Crippen LogP contribution in [0.4, 0.5) is 4.39 Å². The van der Waals surface area contributed by atoms with Crippen molar-refractivity contribution in [2.24, 2.45) is 0 Å². The van der Waals surface area contributed by atoms with Crippen LogP contribution < -0.4 is 4.74 Å². The number of halogens is 1. The summed E-state index contributed by atoms with van der Waals surface area (Å²) in [5.74, 6) is -0.528. The Hall–Kier alpha value is -2.54. The Morgan fingerprint density at radius 1 is 1.33 bits per heavy atom. The summed E-state index contributed by atoms with van der Waals surface area (Å²) in [4.78, 5) is 17.8. The first kappa shape index (κ1) is 16.3. The van der Waals surface area contributed by atoms with Crippen molar-refractivity contribution in [3.63, 3.8) is 0 Å². The smallest absolute Gasteiger partial charge is 0.336 e. The maximum absolute atomic E-state index is 13.4. The fraction of sp³-hybridized carbons (Fsp3) is 0.235. The van der Waals surface area contributed by atoms with E-state index in [2.05, 4.69) is 17.0 Å². The second-order valence-electron chi connectivity index (χ2n) is 5.12. The van der Waals surface area contributed by atoms with Gasteiger partial charge in [0.25, 0.3) is 5.91 Å². The minimum Gasteiger partial charge on any atom is -0.462 e. The molecule has 0 atom stereocenters. The molecule has 0 aliphatic carbocycles. The molecule has 0 bridgehead atoms. The zero-order valence-electron chi connectivity index (χ0n) is 13.1. The van der Waals surface area contributed by atoms with Crippen LogP contribution in [0.5, 0.6) is 6.01 Å². The molecule has 24 heavy (non-hydrogen) atoms. The third-order valence-corrected chi connectivity index (χ3v) is 4.19. The Morgan fingerprint density at radius 3 is 2.92 bits per heavy atom. The van der Waals surface area contributed by atoms with E-state index in [0.717, 1.165) is 17.7 Å². The molecular formula is C17H16FN3O2S. The topological polar surface area (TPSA) is 57.0 Å². The number of benzene rings is 1. The molecule has 0 aliphatic rings. The Balaban J connectivity index is 1.97. The fourth-order valence-electron chi connectivity index (χ4n) is 2.11. The lowest BCUT2D eigenvalue weighted by Gasteiger charge is -2.03. The molecule has 0 saturated heterocycles. The molecule has 3 rings (SSSR count). The van der Waals surface area contributed by atoms with Crippen molar-refractivity contribution in [3.05, 3.63) is 53.2 Å². The van der Waals surface area contributed by atoms with E-state index in [9.17, 15) is 9.18 Å². The molecule has 0 unspecified atom stereocenters. The normalized spacial score (nSPS) is 10.8. The van der Waals surface area contributed by atoms with Crippen LogP contribution in [-0.2, 0) is 0 Å². The molecule has 0 spiro atoms. The van der Waals surface area contributed by atoms with Crippen LogP contribution >= 0.6 is 11.3 Å². The van der Waals surface area contributed by atoms with Crippen LogP contribution in [0.15, 0.2) is 41.8 Å². The standard InChI is InChI=1S/C17H16FN3O2S/c1-2-3-9-23-17-19-15(14-8-5-10-24-14)21(20-17)16(22)12-6-4-7-13(18)11-12/h4-8,10-11H,2-3,9H2,1H3. The van der Waals surface area contributed by atoms with Gasteiger partial charge in [-0.25, -0.2) is 4.39 Å². The number of rotatable bonds is 6. The quantitative estimate of drug-likeness (QED) is 0.633. The number of carbonyl (C=O) groups excluding carboxylic acids is 1. The molecule has 1 aromatic carbocycles. The Bertz CT molecular complexity index is 830. The van der Waals surface area contributed by atoms with E-state index in [1.54, 1.807) is 6.07 Å². The van der Waals surface area contributed by atoms with Gasteiger partial charge in [0, 0.05) is 5.56 Å². The van der Waals surface area contributed by atoms with Crippen LogP contribution in [0, 0.1) is 5.82 Å². The van der Waals surface area contributed by atoms with Crippen LogP contribution in [0.3, 0.4) is 0 Å². The Morgan fingerprint density at radius 2 is 2.21 bits per heavy atom. The van der Waals surface area contributed by atoms with Crippen molar-refractivity contribution in [2.75, 3.05) is 6.61 Å². The summed E-state index contributed by atoms with van der Waals surface area (Å²) in [7, 11) is 0. The summed E-state index contributed by atoms with van der Waals surface area (Å²) in [5, 5.41) is 6.05. The van der Waals surface area contributed by atoms with E-state index in [-0.39, 0.29) is 11.6 Å². The molecule has 0 fully saturated rings. The summed E-state index contributed by atoms with van der Waals surface area (Å²) in [5.41, 5.74) is 0.206. The van der Waals surface area contributed by atoms with Crippen molar-refractivity contribution in [1.82, 2.24) is 14.8 Å². The highest BCUT2D eigenvalue weighted by atomic mass is 32.1. The molecule has 2 heterocycles. The van der Waals surface area contributed by atoms with E-state index in [0.29, 0.717) is 12.4 Å². The molecule has 7 heteroatoms. The first-order valence-electron chi connectivity index (χ1n) is 7.63. The van der Waals surface area contributed by atoms with Gasteiger partial charge in [-0.1, -0.05) is 25.5 Å². The van der Waals surface area contributed by atoms with Gasteiger partial charge in [-0.3, -0.25) is 4.79 Å². The number of carbonyl (C=O) groups is 1. The third kappa shape index (κ3) is 3.51. The molecule has 3 aromatic rings. The summed E-state index contributed by atoms with van der Waals surface area (Å²) in [6, 6.07) is 9.36. The van der Waals surface area contributed by atoms with Gasteiger partial charge >= 0.3 is 6.01 Å². The van der Waals surface area contributed by atoms with E-state index >= 15 is 0 Å². The number of hydrogen-bond acceptors (Lipinski definition) is 5. The molecule has 2 aromatic heterocycles. The van der Waals surface area contributed by atoms with E-state index in [1.807, 2.05) is 17.5 Å². The number of thiophene rings is 1. The van der Waals surface area contributed by atoms with E-state index in [4.69, 9.17) is 4.74 Å². The first-order valence-corrected chi connectivity index (χ1v) is 8.51. The lowest BCUT2D eigenvalue weighted by atomic mass is 10.2. The maximum atomic E-state index is 13.4. The van der Waals surface area contributed by atoms with Crippen LogP contribution in [0.1, 0.15) is 30.1 Å². The van der Waals surface area contributed by atoms with Gasteiger partial charge in [-0.15, -0.1) is 16.4 Å². The molecule has 0 amide bonds. The Labute approximate surface area is 142 Å². The SMILES string of the molecule is CCCCOc1nc(-c2cccs2)n(C(=O)c2cccc(F)c2)n1. The number of hydrogen-bond donors (Lipinski definition) is 0. The predicted octanol–water partition coefficient (Wildman–Crippen LogP) is 4.01. The van der Waals surface area contributed by atoms with Gasteiger partial charge in [0.15, 0.2) is 5.82 Å². The summed E-state index contributed by atoms with van der Waals surface area (Å²) in [6.07, 6.45) is 1.86. The van der Waals surface area contributed by atoms with E-state index in [1.165, 1.54) is 34.2 Å². The van der Waals surface area contributed by atoms with E-state index < -0.39 is 11.7 Å². The van der Waals surface area contributed by atoms with Crippen molar-refractivity contribution in [1.29, 1.82) is 0 Å². The zero-order valence-corrected chi connectivity index (χ0v) is 13.9. The summed E-state index contributed by atoms with van der Waals surface area (Å²) in [6.45, 7) is 2.54. The van der Waals surface area contributed by atoms with Crippen LogP contribution in [0.2, 0.25) is 0 Å². The van der Waals surface area contributed by atoms with Crippen molar-refractivity contribution < 1.29 is 13.9 Å². The highest BCUT2D eigenvalue weighted by Crippen LogP contribution is 2.25. The van der Waals surface area contributed by atoms with Crippen LogP contribution in [0.25, 0.3) is 10.7 Å². The molecule has 0 aliphatic heterocycles. The number of nitrogens with zero attached hydrogens (tertiary/aromatic N) is 3. The van der Waals surface area contributed by atoms with Crippen LogP contribution in [-0.4, -0.2) is 27.3 Å². The lowest BCUT2D eigenvalue weighted by Crippen LogP contribution is -2.15. The third-order valence-electron chi connectivity index (χ3n) is 3.32. The highest BCUT2D eigenvalue weighted by Gasteiger charge is 2.20. The minimum absolute atomic E-state index is 0.150. The molecule has 124 valence electrons. The van der Waals surface area contributed by atoms with Gasteiger partial charge in [0.1, 0.15) is 5.82 Å². The van der Waals surface area contributed by atoms with Gasteiger partial charge < -0.3 is 4.74 Å². The zero-order chi connectivity index (χ0) is 16.9. The Kier molecular flexibility index (Phi) is 5.00. The van der Waals surface area contributed by atoms with Gasteiger partial charge in [-0.2, -0.15) is 9.67 Å². The molecule has 0 N–H and O–H groups in total. The monoisotopic (exact) mass is 345 g/mol. The van der Waals surface area contributed by atoms with Crippen molar-refractivity contribution in [2.45, 2.75) is 19.8 Å². The average Bonchev–Trinajstić information content (AvgIpc) is 3.24. The second kappa shape index (κ2) is 7.35. The molecular weight excluding hydrogens is 329 g/mol. The first-order chi connectivity index (χ1) is 11.7. The number of aromatic nitrogens is 3. The summed E-state index contributed by atoms with van der Waals surface area (Å²) >= 11 is 1.44. The van der Waals surface area contributed by atoms with Crippen molar-refractivity contribution in [3.8, 4) is 16.7 Å². The molecule has 0 saturated carbocycles. The van der Waals surface area contributed by atoms with Gasteiger partial charge in [0.05, 0.1) is 11.5 Å². The minimum atomic E-state index is -0.474. The maximum Gasteiger partial charge on any atom is 0.336 e.